The van der Waals surface area contributed by atoms with E-state index in [-0.39, 0.29) is 0 Å². The van der Waals surface area contributed by atoms with Crippen LogP contribution in [0, 0.1) is 11.8 Å². The Morgan fingerprint density at radius 2 is 1.77 bits per heavy atom. The zero-order valence-corrected chi connectivity index (χ0v) is 10.5. The lowest BCUT2D eigenvalue weighted by molar-refractivity contribution is 0.407. The molecule has 2 unspecified atom stereocenters. The third-order valence-corrected chi connectivity index (χ3v) is 4.31. The van der Waals surface area contributed by atoms with Crippen molar-refractivity contribution in [1.82, 2.24) is 0 Å². The Balaban J connectivity index is 2.19. The van der Waals surface area contributed by atoms with Gasteiger partial charge in [0.1, 0.15) is 0 Å². The number of alkyl halides is 1. The smallest absolute Gasteiger partial charge is 0.00596 e. The molecule has 1 fully saturated rings. The Bertz CT molecular complexity index is 122. The molecule has 0 radical (unpaired) electrons. The molecule has 0 heterocycles. The van der Waals surface area contributed by atoms with Crippen molar-refractivity contribution in [2.75, 3.05) is 5.33 Å². The van der Waals surface area contributed by atoms with Crippen LogP contribution in [0.3, 0.4) is 0 Å². The summed E-state index contributed by atoms with van der Waals surface area (Å²) >= 11 is 3.62. The predicted octanol–water partition coefficient (Wildman–Crippen LogP) is 4.77. The highest BCUT2D eigenvalue weighted by Crippen LogP contribution is 2.30. The Morgan fingerprint density at radius 1 is 1.08 bits per heavy atom. The monoisotopic (exact) mass is 246 g/mol. The molecule has 78 valence electrons. The fourth-order valence-corrected chi connectivity index (χ4v) is 3.04. The molecule has 0 saturated heterocycles. The molecule has 0 spiro atoms. The van der Waals surface area contributed by atoms with Gasteiger partial charge in [-0.25, -0.2) is 0 Å². The number of halogens is 1. The maximum Gasteiger partial charge on any atom is 0.00596 e. The van der Waals surface area contributed by atoms with Gasteiger partial charge < -0.3 is 0 Å². The molecule has 2 atom stereocenters. The van der Waals surface area contributed by atoms with Crippen molar-refractivity contribution in [3.05, 3.63) is 0 Å². The van der Waals surface area contributed by atoms with Crippen LogP contribution in [-0.2, 0) is 0 Å². The predicted molar refractivity (Wildman–Crippen MR) is 63.4 cm³/mol. The fraction of sp³-hybridized carbons (Fsp3) is 1.00. The summed E-state index contributed by atoms with van der Waals surface area (Å²) in [6, 6.07) is 0. The molecule has 0 aromatic heterocycles. The van der Waals surface area contributed by atoms with Gasteiger partial charge in [-0.15, -0.1) is 0 Å². The third-order valence-electron chi connectivity index (χ3n) is 3.39. The Kier molecular flexibility index (Phi) is 6.10. The van der Waals surface area contributed by atoms with Crippen molar-refractivity contribution < 1.29 is 0 Å². The molecule has 1 saturated carbocycles. The van der Waals surface area contributed by atoms with Crippen molar-refractivity contribution in [3.8, 4) is 0 Å². The average molecular weight is 247 g/mol. The standard InChI is InChI=1S/C12H23Br/c1-2-3-5-11-6-4-7-12(10-13)9-8-11/h11-12H,2-10H2,1H3. The molecule has 1 aliphatic rings. The topological polar surface area (TPSA) is 0 Å². The second-order valence-corrected chi connectivity index (χ2v) is 5.18. The number of rotatable bonds is 4. The first-order chi connectivity index (χ1) is 6.36. The summed E-state index contributed by atoms with van der Waals surface area (Å²) in [5.74, 6) is 2.04. The first kappa shape index (κ1) is 11.6. The maximum atomic E-state index is 3.62. The van der Waals surface area contributed by atoms with Gasteiger partial charge in [-0.05, 0) is 24.7 Å². The average Bonchev–Trinajstić information content (AvgIpc) is 2.39. The lowest BCUT2D eigenvalue weighted by Gasteiger charge is -2.13. The summed E-state index contributed by atoms with van der Waals surface area (Å²) in [6.45, 7) is 2.30. The molecule has 0 aromatic rings. The lowest BCUT2D eigenvalue weighted by atomic mass is 9.94. The summed E-state index contributed by atoms with van der Waals surface area (Å²) in [5.41, 5.74) is 0. The number of unbranched alkanes of at least 4 members (excludes halogenated alkanes) is 1. The van der Waals surface area contributed by atoms with Crippen LogP contribution in [0.25, 0.3) is 0 Å². The molecular weight excluding hydrogens is 224 g/mol. The molecule has 1 heteroatoms. The molecule has 0 aliphatic heterocycles. The summed E-state index contributed by atoms with van der Waals surface area (Å²) in [6.07, 6.45) is 11.7. The molecule has 13 heavy (non-hydrogen) atoms. The van der Waals surface area contributed by atoms with E-state index >= 15 is 0 Å². The van der Waals surface area contributed by atoms with Gasteiger partial charge in [0.05, 0.1) is 0 Å². The van der Waals surface area contributed by atoms with E-state index in [9.17, 15) is 0 Å². The largest absolute Gasteiger partial charge is 0.0925 e. The van der Waals surface area contributed by atoms with Gasteiger partial charge in [0.2, 0.25) is 0 Å². The second-order valence-electron chi connectivity index (χ2n) is 4.54. The molecule has 0 bridgehead atoms. The van der Waals surface area contributed by atoms with E-state index in [0.29, 0.717) is 0 Å². The Morgan fingerprint density at radius 3 is 2.46 bits per heavy atom. The van der Waals surface area contributed by atoms with Crippen LogP contribution in [0.15, 0.2) is 0 Å². The summed E-state index contributed by atoms with van der Waals surface area (Å²) in [5, 5.41) is 1.23. The summed E-state index contributed by atoms with van der Waals surface area (Å²) in [7, 11) is 0. The fourth-order valence-electron chi connectivity index (χ4n) is 2.39. The minimum Gasteiger partial charge on any atom is -0.0925 e. The highest BCUT2D eigenvalue weighted by Gasteiger charge is 2.17. The quantitative estimate of drug-likeness (QED) is 0.496. The first-order valence-corrected chi connectivity index (χ1v) is 7.05. The van der Waals surface area contributed by atoms with E-state index in [2.05, 4.69) is 22.9 Å². The lowest BCUT2D eigenvalue weighted by Crippen LogP contribution is -2.01. The van der Waals surface area contributed by atoms with Gasteiger partial charge in [0.25, 0.3) is 0 Å². The van der Waals surface area contributed by atoms with E-state index in [1.165, 1.54) is 56.7 Å². The van der Waals surface area contributed by atoms with Crippen molar-refractivity contribution in [3.63, 3.8) is 0 Å². The molecule has 0 amide bonds. The van der Waals surface area contributed by atoms with Gasteiger partial charge in [-0.2, -0.15) is 0 Å². The molecular formula is C12H23Br. The van der Waals surface area contributed by atoms with Crippen LogP contribution in [0.5, 0.6) is 0 Å². The highest BCUT2D eigenvalue weighted by atomic mass is 79.9. The van der Waals surface area contributed by atoms with Crippen LogP contribution < -0.4 is 0 Å². The van der Waals surface area contributed by atoms with Crippen LogP contribution in [0.2, 0.25) is 0 Å². The van der Waals surface area contributed by atoms with Gasteiger partial charge in [-0.1, -0.05) is 61.4 Å². The maximum absolute atomic E-state index is 3.62. The molecule has 0 aromatic carbocycles. The van der Waals surface area contributed by atoms with Gasteiger partial charge in [0, 0.05) is 5.33 Å². The second kappa shape index (κ2) is 6.86. The van der Waals surface area contributed by atoms with Gasteiger partial charge in [-0.3, -0.25) is 0 Å². The van der Waals surface area contributed by atoms with Crippen LogP contribution in [-0.4, -0.2) is 5.33 Å². The summed E-state index contributed by atoms with van der Waals surface area (Å²) in [4.78, 5) is 0. The van der Waals surface area contributed by atoms with Crippen molar-refractivity contribution in [1.29, 1.82) is 0 Å². The highest BCUT2D eigenvalue weighted by molar-refractivity contribution is 9.09. The zero-order chi connectivity index (χ0) is 9.52. The van der Waals surface area contributed by atoms with Crippen LogP contribution in [0.1, 0.15) is 58.3 Å². The van der Waals surface area contributed by atoms with E-state index in [0.717, 1.165) is 11.8 Å². The molecule has 0 nitrogen and oxygen atoms in total. The summed E-state index contributed by atoms with van der Waals surface area (Å²) < 4.78 is 0. The van der Waals surface area contributed by atoms with E-state index in [4.69, 9.17) is 0 Å². The Labute approximate surface area is 91.6 Å². The molecule has 0 N–H and O–H groups in total. The van der Waals surface area contributed by atoms with E-state index in [1.807, 2.05) is 0 Å². The normalized spacial score (nSPS) is 30.0. The SMILES string of the molecule is CCCCC1CCCC(CBr)CC1. The van der Waals surface area contributed by atoms with Crippen molar-refractivity contribution in [2.24, 2.45) is 11.8 Å². The van der Waals surface area contributed by atoms with Crippen LogP contribution in [0.4, 0.5) is 0 Å². The number of hydrogen-bond acceptors (Lipinski definition) is 0. The molecule has 1 aliphatic carbocycles. The van der Waals surface area contributed by atoms with Gasteiger partial charge >= 0.3 is 0 Å². The Hall–Kier alpha value is 0.480. The zero-order valence-electron chi connectivity index (χ0n) is 8.90. The van der Waals surface area contributed by atoms with E-state index < -0.39 is 0 Å². The van der Waals surface area contributed by atoms with E-state index in [1.54, 1.807) is 0 Å². The van der Waals surface area contributed by atoms with Crippen molar-refractivity contribution >= 4 is 15.9 Å². The number of hydrogen-bond donors (Lipinski definition) is 0. The minimum absolute atomic E-state index is 0.978. The third kappa shape index (κ3) is 4.49. The van der Waals surface area contributed by atoms with Crippen molar-refractivity contribution in [2.45, 2.75) is 58.3 Å². The minimum atomic E-state index is 0.978. The first-order valence-electron chi connectivity index (χ1n) is 5.92. The molecule has 1 rings (SSSR count). The van der Waals surface area contributed by atoms with Gasteiger partial charge in [0.15, 0.2) is 0 Å². The van der Waals surface area contributed by atoms with Crippen LogP contribution >= 0.6 is 15.9 Å².